The van der Waals surface area contributed by atoms with Gasteiger partial charge >= 0.3 is 0 Å². The molecule has 0 aliphatic carbocycles. The van der Waals surface area contributed by atoms with Gasteiger partial charge in [0.15, 0.2) is 0 Å². The summed E-state index contributed by atoms with van der Waals surface area (Å²) in [6.45, 7) is 16.0. The van der Waals surface area contributed by atoms with Crippen LogP contribution in [0, 0.1) is 5.92 Å². The molecule has 0 aromatic heterocycles. The number of nitrogens with one attached hydrogen (secondary N) is 1. The summed E-state index contributed by atoms with van der Waals surface area (Å²) in [5, 5.41) is 3.53. The first-order valence-corrected chi connectivity index (χ1v) is 10.6. The summed E-state index contributed by atoms with van der Waals surface area (Å²) >= 11 is 0. The number of hydrogen-bond acceptors (Lipinski definition) is 1. The standard InChI is InChI=1S/C26H37N/c1-25(2,3)22-11-7-19(8-12-22)24(21-15-17-27-18-16-21)20-9-13-23(14-10-20)26(4,5)6/h7-14,21,24,27H,15-18H2,1-6H3. The quantitative estimate of drug-likeness (QED) is 0.664. The summed E-state index contributed by atoms with van der Waals surface area (Å²) in [4.78, 5) is 0. The van der Waals surface area contributed by atoms with Crippen molar-refractivity contribution in [3.8, 4) is 0 Å². The van der Waals surface area contributed by atoms with E-state index in [1.807, 2.05) is 0 Å². The van der Waals surface area contributed by atoms with Crippen LogP contribution in [0.4, 0.5) is 0 Å². The van der Waals surface area contributed by atoms with Crippen molar-refractivity contribution in [1.82, 2.24) is 5.32 Å². The van der Waals surface area contributed by atoms with Crippen LogP contribution in [0.25, 0.3) is 0 Å². The topological polar surface area (TPSA) is 12.0 Å². The second-order valence-corrected chi connectivity index (χ2v) is 10.3. The zero-order valence-electron chi connectivity index (χ0n) is 18.1. The highest BCUT2D eigenvalue weighted by Crippen LogP contribution is 2.38. The molecular weight excluding hydrogens is 326 g/mol. The van der Waals surface area contributed by atoms with Crippen molar-refractivity contribution < 1.29 is 0 Å². The van der Waals surface area contributed by atoms with E-state index in [9.17, 15) is 0 Å². The zero-order valence-corrected chi connectivity index (χ0v) is 18.1. The molecule has 0 atom stereocenters. The molecule has 1 aliphatic rings. The molecule has 0 spiro atoms. The molecule has 0 bridgehead atoms. The van der Waals surface area contributed by atoms with E-state index in [0.29, 0.717) is 11.8 Å². The molecule has 146 valence electrons. The van der Waals surface area contributed by atoms with Gasteiger partial charge in [-0.3, -0.25) is 0 Å². The van der Waals surface area contributed by atoms with Crippen molar-refractivity contribution in [2.24, 2.45) is 5.92 Å². The Morgan fingerprint density at radius 1 is 0.667 bits per heavy atom. The third-order valence-electron chi connectivity index (χ3n) is 6.13. The third kappa shape index (κ3) is 4.82. The third-order valence-corrected chi connectivity index (χ3v) is 6.13. The summed E-state index contributed by atoms with van der Waals surface area (Å²) in [5.41, 5.74) is 6.18. The Labute approximate surface area is 166 Å². The first kappa shape index (κ1) is 20.1. The highest BCUT2D eigenvalue weighted by molar-refractivity contribution is 5.38. The van der Waals surface area contributed by atoms with Gasteiger partial charge in [0.1, 0.15) is 0 Å². The lowest BCUT2D eigenvalue weighted by atomic mass is 9.75. The highest BCUT2D eigenvalue weighted by Gasteiger charge is 2.27. The number of benzene rings is 2. The molecule has 1 fully saturated rings. The van der Waals surface area contributed by atoms with Gasteiger partial charge in [0.25, 0.3) is 0 Å². The average molecular weight is 364 g/mol. The van der Waals surface area contributed by atoms with Crippen molar-refractivity contribution in [3.63, 3.8) is 0 Å². The molecule has 0 saturated carbocycles. The maximum absolute atomic E-state index is 3.53. The molecule has 1 saturated heterocycles. The molecule has 1 heteroatoms. The average Bonchev–Trinajstić information content (AvgIpc) is 2.62. The normalized spacial score (nSPS) is 16.7. The number of piperidine rings is 1. The van der Waals surface area contributed by atoms with Crippen molar-refractivity contribution in [3.05, 3.63) is 70.8 Å². The molecule has 0 amide bonds. The summed E-state index contributed by atoms with van der Waals surface area (Å²) in [5.74, 6) is 1.21. The Kier molecular flexibility index (Phi) is 5.82. The second kappa shape index (κ2) is 7.80. The highest BCUT2D eigenvalue weighted by atomic mass is 14.9. The molecule has 2 aromatic carbocycles. The summed E-state index contributed by atoms with van der Waals surface area (Å²) in [7, 11) is 0. The Balaban J connectivity index is 1.96. The Morgan fingerprint density at radius 3 is 1.37 bits per heavy atom. The monoisotopic (exact) mass is 363 g/mol. The van der Waals surface area contributed by atoms with Crippen LogP contribution in [-0.4, -0.2) is 13.1 Å². The smallest absolute Gasteiger partial charge is 0.0119 e. The molecule has 0 radical (unpaired) electrons. The molecule has 27 heavy (non-hydrogen) atoms. The van der Waals surface area contributed by atoms with Crippen molar-refractivity contribution in [1.29, 1.82) is 0 Å². The van der Waals surface area contributed by atoms with Crippen LogP contribution in [0.1, 0.15) is 82.6 Å². The van der Waals surface area contributed by atoms with Gasteiger partial charge in [0.05, 0.1) is 0 Å². The SMILES string of the molecule is CC(C)(C)c1ccc(C(c2ccc(C(C)(C)C)cc2)C2CCNCC2)cc1. The van der Waals surface area contributed by atoms with Gasteiger partial charge in [0.2, 0.25) is 0 Å². The number of rotatable bonds is 3. The van der Waals surface area contributed by atoms with Crippen LogP contribution >= 0.6 is 0 Å². The van der Waals surface area contributed by atoms with Gasteiger partial charge in [-0.15, -0.1) is 0 Å². The molecular formula is C26H37N. The second-order valence-electron chi connectivity index (χ2n) is 10.3. The minimum Gasteiger partial charge on any atom is -0.317 e. The van der Waals surface area contributed by atoms with E-state index in [1.165, 1.54) is 35.1 Å². The molecule has 1 aliphatic heterocycles. The first-order chi connectivity index (χ1) is 12.7. The predicted molar refractivity (Wildman–Crippen MR) is 118 cm³/mol. The molecule has 1 N–H and O–H groups in total. The first-order valence-electron chi connectivity index (χ1n) is 10.6. The fourth-order valence-electron chi connectivity index (χ4n) is 4.30. The maximum Gasteiger partial charge on any atom is 0.0119 e. The van der Waals surface area contributed by atoms with Crippen LogP contribution in [0.3, 0.4) is 0 Å². The fourth-order valence-corrected chi connectivity index (χ4v) is 4.30. The van der Waals surface area contributed by atoms with E-state index in [2.05, 4.69) is 95.4 Å². The summed E-state index contributed by atoms with van der Waals surface area (Å²) < 4.78 is 0. The van der Waals surface area contributed by atoms with Crippen LogP contribution < -0.4 is 5.32 Å². The van der Waals surface area contributed by atoms with Gasteiger partial charge in [-0.05, 0) is 64.9 Å². The maximum atomic E-state index is 3.53. The van der Waals surface area contributed by atoms with Crippen LogP contribution in [0.15, 0.2) is 48.5 Å². The molecule has 0 unspecified atom stereocenters. The Bertz CT molecular complexity index is 662. The summed E-state index contributed by atoms with van der Waals surface area (Å²) in [6, 6.07) is 18.9. The van der Waals surface area contributed by atoms with Crippen LogP contribution in [0.2, 0.25) is 0 Å². The minimum absolute atomic E-state index is 0.205. The Morgan fingerprint density at radius 2 is 1.04 bits per heavy atom. The van der Waals surface area contributed by atoms with E-state index < -0.39 is 0 Å². The van der Waals surface area contributed by atoms with E-state index >= 15 is 0 Å². The lowest BCUT2D eigenvalue weighted by Crippen LogP contribution is -2.31. The molecule has 1 heterocycles. The lowest BCUT2D eigenvalue weighted by Gasteiger charge is -2.32. The van der Waals surface area contributed by atoms with Crippen molar-refractivity contribution in [2.45, 2.75) is 71.1 Å². The van der Waals surface area contributed by atoms with E-state index in [4.69, 9.17) is 0 Å². The van der Waals surface area contributed by atoms with Gasteiger partial charge in [-0.1, -0.05) is 90.1 Å². The van der Waals surface area contributed by atoms with Gasteiger partial charge < -0.3 is 5.32 Å². The largest absolute Gasteiger partial charge is 0.317 e. The van der Waals surface area contributed by atoms with Crippen molar-refractivity contribution in [2.75, 3.05) is 13.1 Å². The lowest BCUT2D eigenvalue weighted by molar-refractivity contribution is 0.342. The van der Waals surface area contributed by atoms with Crippen LogP contribution in [-0.2, 0) is 10.8 Å². The number of hydrogen-bond donors (Lipinski definition) is 1. The zero-order chi connectivity index (χ0) is 19.7. The van der Waals surface area contributed by atoms with Crippen molar-refractivity contribution >= 4 is 0 Å². The van der Waals surface area contributed by atoms with Gasteiger partial charge in [0, 0.05) is 5.92 Å². The minimum atomic E-state index is 0.205. The predicted octanol–water partition coefficient (Wildman–Crippen LogP) is 6.41. The van der Waals surface area contributed by atoms with E-state index in [1.54, 1.807) is 0 Å². The fraction of sp³-hybridized carbons (Fsp3) is 0.538. The molecule has 2 aromatic rings. The Hall–Kier alpha value is -1.60. The van der Waals surface area contributed by atoms with E-state index in [0.717, 1.165) is 13.1 Å². The van der Waals surface area contributed by atoms with Crippen LogP contribution in [0.5, 0.6) is 0 Å². The molecule has 3 rings (SSSR count). The van der Waals surface area contributed by atoms with Gasteiger partial charge in [-0.25, -0.2) is 0 Å². The van der Waals surface area contributed by atoms with E-state index in [-0.39, 0.29) is 10.8 Å². The summed E-state index contributed by atoms with van der Waals surface area (Å²) in [6.07, 6.45) is 2.51. The molecule has 1 nitrogen and oxygen atoms in total. The van der Waals surface area contributed by atoms with Gasteiger partial charge in [-0.2, -0.15) is 0 Å².